The molecule has 3 rings (SSSR count). The van der Waals surface area contributed by atoms with Gasteiger partial charge in [0.1, 0.15) is 5.82 Å². The molecule has 0 saturated carbocycles. The van der Waals surface area contributed by atoms with Crippen LogP contribution in [0, 0.1) is 19.7 Å². The molecule has 0 unspecified atom stereocenters. The summed E-state index contributed by atoms with van der Waals surface area (Å²) in [5.41, 5.74) is 3.57. The number of aromatic nitrogens is 2. The Hall–Kier alpha value is -2.11. The van der Waals surface area contributed by atoms with Crippen molar-refractivity contribution in [1.29, 1.82) is 0 Å². The van der Waals surface area contributed by atoms with Crippen molar-refractivity contribution in [3.63, 3.8) is 0 Å². The molecule has 0 N–H and O–H groups in total. The summed E-state index contributed by atoms with van der Waals surface area (Å²) >= 11 is 7.33. The van der Waals surface area contributed by atoms with Crippen LogP contribution in [0.3, 0.4) is 0 Å². The zero-order valence-electron chi connectivity index (χ0n) is 13.8. The predicted octanol–water partition coefficient (Wildman–Crippen LogP) is 4.93. The molecule has 0 radical (unpaired) electrons. The maximum atomic E-state index is 13.1. The molecular formula is C19H16ClFN2OS. The lowest BCUT2D eigenvalue weighted by Gasteiger charge is -2.10. The van der Waals surface area contributed by atoms with Crippen LogP contribution in [-0.2, 0) is 5.75 Å². The van der Waals surface area contributed by atoms with E-state index in [0.717, 1.165) is 22.4 Å². The number of hydrogen-bond acceptors (Lipinski definition) is 3. The summed E-state index contributed by atoms with van der Waals surface area (Å²) in [5.74, 6) is 0.0619. The number of benzene rings is 2. The maximum Gasteiger partial charge on any atom is 0.287 e. The first-order valence-electron chi connectivity index (χ1n) is 7.67. The van der Waals surface area contributed by atoms with Crippen molar-refractivity contribution in [2.45, 2.75) is 24.6 Å². The minimum atomic E-state index is -0.381. The number of rotatable bonds is 4. The van der Waals surface area contributed by atoms with Crippen LogP contribution in [0.2, 0.25) is 5.02 Å². The van der Waals surface area contributed by atoms with Crippen LogP contribution in [0.25, 0.3) is 5.69 Å². The summed E-state index contributed by atoms with van der Waals surface area (Å²) in [6.45, 7) is 3.99. The van der Waals surface area contributed by atoms with Crippen molar-refractivity contribution in [2.24, 2.45) is 0 Å². The molecule has 0 amide bonds. The highest BCUT2D eigenvalue weighted by Gasteiger charge is 2.10. The summed E-state index contributed by atoms with van der Waals surface area (Å²) in [6.07, 6.45) is 3.26. The monoisotopic (exact) mass is 374 g/mol. The van der Waals surface area contributed by atoms with Gasteiger partial charge >= 0.3 is 0 Å². The average Bonchev–Trinajstić information content (AvgIpc) is 2.54. The van der Waals surface area contributed by atoms with E-state index in [2.05, 4.69) is 11.1 Å². The van der Waals surface area contributed by atoms with E-state index >= 15 is 0 Å². The number of nitrogens with zero attached hydrogens (tertiary/aromatic N) is 2. The van der Waals surface area contributed by atoms with Gasteiger partial charge in [0.15, 0.2) is 5.03 Å². The standard InChI is InChI=1S/C19H16ClFN2OS/c1-12-7-13(2)9-16(8-12)23-6-5-22-18(19(23)24)25-11-14-3-4-15(21)10-17(14)20/h3-10H,11H2,1-2H3. The van der Waals surface area contributed by atoms with Crippen molar-refractivity contribution in [1.82, 2.24) is 9.55 Å². The van der Waals surface area contributed by atoms with Crippen molar-refractivity contribution < 1.29 is 4.39 Å². The Labute approximate surface area is 154 Å². The van der Waals surface area contributed by atoms with Crippen molar-refractivity contribution in [3.8, 4) is 5.69 Å². The highest BCUT2D eigenvalue weighted by Crippen LogP contribution is 2.25. The molecule has 0 aliphatic carbocycles. The van der Waals surface area contributed by atoms with Gasteiger partial charge in [-0.25, -0.2) is 9.37 Å². The molecule has 0 spiro atoms. The van der Waals surface area contributed by atoms with E-state index in [4.69, 9.17) is 11.6 Å². The normalized spacial score (nSPS) is 10.9. The fourth-order valence-electron chi connectivity index (χ4n) is 2.57. The summed E-state index contributed by atoms with van der Waals surface area (Å²) < 4.78 is 14.7. The van der Waals surface area contributed by atoms with E-state index in [-0.39, 0.29) is 11.4 Å². The highest BCUT2D eigenvalue weighted by atomic mass is 35.5. The van der Waals surface area contributed by atoms with Crippen LogP contribution < -0.4 is 5.56 Å². The fraction of sp³-hybridized carbons (Fsp3) is 0.158. The molecule has 0 atom stereocenters. The van der Waals surface area contributed by atoms with Crippen molar-refractivity contribution in [3.05, 3.63) is 86.7 Å². The van der Waals surface area contributed by atoms with Gasteiger partial charge in [-0.2, -0.15) is 0 Å². The third-order valence-electron chi connectivity index (χ3n) is 3.67. The molecule has 1 heterocycles. The molecule has 128 valence electrons. The van der Waals surface area contributed by atoms with Gasteiger partial charge in [0.05, 0.1) is 0 Å². The quantitative estimate of drug-likeness (QED) is 0.607. The molecule has 6 heteroatoms. The predicted molar refractivity (Wildman–Crippen MR) is 100 cm³/mol. The van der Waals surface area contributed by atoms with E-state index < -0.39 is 0 Å². The molecule has 1 aromatic heterocycles. The van der Waals surface area contributed by atoms with E-state index in [1.165, 1.54) is 23.9 Å². The zero-order chi connectivity index (χ0) is 18.0. The summed E-state index contributed by atoms with van der Waals surface area (Å²) in [6, 6.07) is 10.2. The van der Waals surface area contributed by atoms with Gasteiger partial charge in [-0.05, 0) is 54.8 Å². The smallest absolute Gasteiger partial charge is 0.280 e. The molecular weight excluding hydrogens is 359 g/mol. The Kier molecular flexibility index (Phi) is 5.25. The fourth-order valence-corrected chi connectivity index (χ4v) is 3.79. The Morgan fingerprint density at radius 3 is 2.56 bits per heavy atom. The largest absolute Gasteiger partial charge is 0.287 e. The number of hydrogen-bond donors (Lipinski definition) is 0. The molecule has 0 fully saturated rings. The molecule has 0 bridgehead atoms. The molecule has 25 heavy (non-hydrogen) atoms. The van der Waals surface area contributed by atoms with E-state index in [1.54, 1.807) is 23.0 Å². The SMILES string of the molecule is Cc1cc(C)cc(-n2ccnc(SCc3ccc(F)cc3Cl)c2=O)c1. The maximum absolute atomic E-state index is 13.1. The lowest BCUT2D eigenvalue weighted by molar-refractivity contribution is 0.627. The highest BCUT2D eigenvalue weighted by molar-refractivity contribution is 7.98. The summed E-state index contributed by atoms with van der Waals surface area (Å²) in [5, 5.41) is 0.722. The third kappa shape index (κ3) is 4.11. The first-order valence-corrected chi connectivity index (χ1v) is 9.03. The Bertz CT molecular complexity index is 967. The second-order valence-corrected chi connectivity index (χ2v) is 7.15. The van der Waals surface area contributed by atoms with Gasteiger partial charge in [0, 0.05) is 28.9 Å². The first-order chi connectivity index (χ1) is 11.9. The zero-order valence-corrected chi connectivity index (χ0v) is 15.4. The molecule has 3 aromatic rings. The topological polar surface area (TPSA) is 34.9 Å². The summed E-state index contributed by atoms with van der Waals surface area (Å²) in [7, 11) is 0. The van der Waals surface area contributed by atoms with Crippen LogP contribution in [0.15, 0.2) is 58.6 Å². The second-order valence-electron chi connectivity index (χ2n) is 5.78. The van der Waals surface area contributed by atoms with Crippen molar-refractivity contribution in [2.75, 3.05) is 0 Å². The molecule has 2 aromatic carbocycles. The first kappa shape index (κ1) is 17.7. The number of halogens is 2. The molecule has 0 aliphatic rings. The molecule has 3 nitrogen and oxygen atoms in total. The van der Waals surface area contributed by atoms with Crippen molar-refractivity contribution >= 4 is 23.4 Å². The second kappa shape index (κ2) is 7.42. The Balaban J connectivity index is 1.90. The van der Waals surface area contributed by atoms with Gasteiger partial charge in [0.25, 0.3) is 5.56 Å². The van der Waals surface area contributed by atoms with Crippen LogP contribution >= 0.6 is 23.4 Å². The van der Waals surface area contributed by atoms with Crippen LogP contribution in [-0.4, -0.2) is 9.55 Å². The Morgan fingerprint density at radius 2 is 1.88 bits per heavy atom. The third-order valence-corrected chi connectivity index (χ3v) is 5.03. The number of aryl methyl sites for hydroxylation is 2. The number of thioether (sulfide) groups is 1. The molecule has 0 saturated heterocycles. The van der Waals surface area contributed by atoms with Crippen LogP contribution in [0.1, 0.15) is 16.7 Å². The van der Waals surface area contributed by atoms with E-state index in [1.807, 2.05) is 26.0 Å². The van der Waals surface area contributed by atoms with Crippen LogP contribution in [0.5, 0.6) is 0 Å². The molecule has 0 aliphatic heterocycles. The van der Waals surface area contributed by atoms with Gasteiger partial charge < -0.3 is 0 Å². The van der Waals surface area contributed by atoms with Gasteiger partial charge in [-0.1, -0.05) is 35.5 Å². The van der Waals surface area contributed by atoms with Gasteiger partial charge in [0.2, 0.25) is 0 Å². The average molecular weight is 375 g/mol. The van der Waals surface area contributed by atoms with E-state index in [0.29, 0.717) is 15.8 Å². The summed E-state index contributed by atoms with van der Waals surface area (Å²) in [4.78, 5) is 16.9. The Morgan fingerprint density at radius 1 is 1.16 bits per heavy atom. The van der Waals surface area contributed by atoms with E-state index in [9.17, 15) is 9.18 Å². The minimum Gasteiger partial charge on any atom is -0.280 e. The van der Waals surface area contributed by atoms with Gasteiger partial charge in [-0.3, -0.25) is 9.36 Å². The van der Waals surface area contributed by atoms with Gasteiger partial charge in [-0.15, -0.1) is 0 Å². The lowest BCUT2D eigenvalue weighted by atomic mass is 10.1. The van der Waals surface area contributed by atoms with Crippen LogP contribution in [0.4, 0.5) is 4.39 Å². The lowest BCUT2D eigenvalue weighted by Crippen LogP contribution is -2.20. The minimum absolute atomic E-state index is 0.185.